The average Bonchev–Trinajstić information content (AvgIpc) is 3.09. The number of hydrogen-bond donors (Lipinski definition) is 2. The van der Waals surface area contributed by atoms with E-state index in [1.54, 1.807) is 48.8 Å². The van der Waals surface area contributed by atoms with Gasteiger partial charge in [0.05, 0.1) is 11.6 Å². The molecule has 1 aliphatic heterocycles. The van der Waals surface area contributed by atoms with Crippen LogP contribution in [-0.2, 0) is 16.1 Å². The minimum atomic E-state index is -0.857. The highest BCUT2D eigenvalue weighted by atomic mass is 16.3. The number of pyridine rings is 1. The van der Waals surface area contributed by atoms with Gasteiger partial charge in [0.2, 0.25) is 0 Å². The number of phenols is 1. The molecule has 3 aromatic carbocycles. The van der Waals surface area contributed by atoms with E-state index in [-0.39, 0.29) is 23.6 Å². The zero-order valence-corrected chi connectivity index (χ0v) is 17.6. The van der Waals surface area contributed by atoms with Crippen LogP contribution in [0.2, 0.25) is 0 Å². The van der Waals surface area contributed by atoms with Crippen LogP contribution in [0.4, 0.5) is 0 Å². The van der Waals surface area contributed by atoms with Crippen molar-refractivity contribution in [2.45, 2.75) is 12.6 Å². The molecule has 1 aliphatic rings. The number of aromatic nitrogens is 1. The Morgan fingerprint density at radius 1 is 0.909 bits per heavy atom. The van der Waals surface area contributed by atoms with Gasteiger partial charge in [0, 0.05) is 24.5 Å². The predicted molar refractivity (Wildman–Crippen MR) is 124 cm³/mol. The highest BCUT2D eigenvalue weighted by Crippen LogP contribution is 2.41. The van der Waals surface area contributed by atoms with E-state index in [1.807, 2.05) is 30.3 Å². The number of phenolic OH excluding ortho intramolecular Hbond substituents is 1. The van der Waals surface area contributed by atoms with Crippen LogP contribution in [0, 0.1) is 0 Å². The van der Waals surface area contributed by atoms with Crippen LogP contribution in [0.25, 0.3) is 16.5 Å². The van der Waals surface area contributed by atoms with Gasteiger partial charge in [-0.05, 0) is 46.2 Å². The van der Waals surface area contributed by atoms with E-state index in [1.165, 1.54) is 17.0 Å². The van der Waals surface area contributed by atoms with E-state index in [0.717, 1.165) is 16.3 Å². The Hall–Kier alpha value is -4.45. The highest BCUT2D eigenvalue weighted by molar-refractivity contribution is 6.46. The van der Waals surface area contributed by atoms with Crippen molar-refractivity contribution in [1.29, 1.82) is 0 Å². The van der Waals surface area contributed by atoms with Gasteiger partial charge in [0.15, 0.2) is 0 Å². The zero-order valence-electron chi connectivity index (χ0n) is 17.6. The highest BCUT2D eigenvalue weighted by Gasteiger charge is 2.46. The van der Waals surface area contributed by atoms with Crippen molar-refractivity contribution < 1.29 is 19.8 Å². The molecule has 1 atom stereocenters. The normalized spacial score (nSPS) is 17.6. The lowest BCUT2D eigenvalue weighted by Crippen LogP contribution is -2.29. The molecule has 0 bridgehead atoms. The standard InChI is InChI=1S/C27H20N2O4/c30-20-8-3-7-19(15-20)24-23(25(31)22-10-4-6-18-5-1-2-9-21(18)22)26(32)27(33)29(24)16-17-11-13-28-14-12-17/h1-15,24,30-31H,16H2/b25-23-. The summed E-state index contributed by atoms with van der Waals surface area (Å²) in [6, 6.07) is 22.1. The first-order chi connectivity index (χ1) is 16.0. The summed E-state index contributed by atoms with van der Waals surface area (Å²) < 4.78 is 0. The first kappa shape index (κ1) is 20.5. The predicted octanol–water partition coefficient (Wildman–Crippen LogP) is 4.56. The molecule has 4 aromatic rings. The number of hydrogen-bond acceptors (Lipinski definition) is 5. The van der Waals surface area contributed by atoms with Gasteiger partial charge in [-0.25, -0.2) is 0 Å². The molecule has 1 fully saturated rings. The minimum Gasteiger partial charge on any atom is -0.508 e. The van der Waals surface area contributed by atoms with Crippen LogP contribution in [0.5, 0.6) is 5.75 Å². The summed E-state index contributed by atoms with van der Waals surface area (Å²) in [6.45, 7) is 0.153. The minimum absolute atomic E-state index is 0.00370. The van der Waals surface area contributed by atoms with Crippen LogP contribution in [0.15, 0.2) is 96.8 Å². The Labute approximate surface area is 190 Å². The number of Topliss-reactive ketones (excluding diaryl/α,β-unsaturated/α-hetero) is 1. The number of aliphatic hydroxyl groups excluding tert-OH is 1. The third kappa shape index (κ3) is 3.61. The fourth-order valence-corrected chi connectivity index (χ4v) is 4.35. The molecule has 162 valence electrons. The van der Waals surface area contributed by atoms with Crippen molar-refractivity contribution in [3.63, 3.8) is 0 Å². The summed E-state index contributed by atoms with van der Waals surface area (Å²) in [5.41, 5.74) is 1.79. The van der Waals surface area contributed by atoms with Crippen molar-refractivity contribution in [3.05, 3.63) is 114 Å². The number of aromatic hydroxyl groups is 1. The van der Waals surface area contributed by atoms with Gasteiger partial charge in [-0.3, -0.25) is 14.6 Å². The molecule has 33 heavy (non-hydrogen) atoms. The van der Waals surface area contributed by atoms with Crippen LogP contribution < -0.4 is 0 Å². The molecule has 0 radical (unpaired) electrons. The molecule has 6 nitrogen and oxygen atoms in total. The molecule has 0 aliphatic carbocycles. The van der Waals surface area contributed by atoms with Gasteiger partial charge in [-0.2, -0.15) is 0 Å². The summed E-state index contributed by atoms with van der Waals surface area (Å²) in [5, 5.41) is 23.2. The Bertz CT molecular complexity index is 1410. The molecule has 0 spiro atoms. The Kier molecular flexibility index (Phi) is 5.11. The van der Waals surface area contributed by atoms with Crippen LogP contribution in [0.1, 0.15) is 22.7 Å². The second-order valence-corrected chi connectivity index (χ2v) is 7.90. The van der Waals surface area contributed by atoms with Gasteiger partial charge < -0.3 is 15.1 Å². The van der Waals surface area contributed by atoms with Crippen LogP contribution in [0.3, 0.4) is 0 Å². The van der Waals surface area contributed by atoms with Gasteiger partial charge in [-0.1, -0.05) is 54.6 Å². The maximum atomic E-state index is 13.2. The van der Waals surface area contributed by atoms with Crippen molar-refractivity contribution >= 4 is 28.2 Å². The van der Waals surface area contributed by atoms with Crippen LogP contribution >= 0.6 is 0 Å². The van der Waals surface area contributed by atoms with Crippen molar-refractivity contribution in [3.8, 4) is 5.75 Å². The van der Waals surface area contributed by atoms with Crippen molar-refractivity contribution in [1.82, 2.24) is 9.88 Å². The largest absolute Gasteiger partial charge is 0.508 e. The number of carbonyl (C=O) groups is 2. The summed E-state index contributed by atoms with van der Waals surface area (Å²) in [5.74, 6) is -1.70. The zero-order chi connectivity index (χ0) is 22.9. The Balaban J connectivity index is 1.72. The fraction of sp³-hybridized carbons (Fsp3) is 0.0741. The van der Waals surface area contributed by atoms with E-state index in [9.17, 15) is 19.8 Å². The van der Waals surface area contributed by atoms with E-state index >= 15 is 0 Å². The number of likely N-dealkylation sites (tertiary alicyclic amines) is 1. The molecule has 1 aromatic heterocycles. The number of rotatable bonds is 4. The summed E-state index contributed by atoms with van der Waals surface area (Å²) in [7, 11) is 0. The Morgan fingerprint density at radius 2 is 1.64 bits per heavy atom. The van der Waals surface area contributed by atoms with E-state index in [4.69, 9.17) is 0 Å². The molecule has 2 heterocycles. The van der Waals surface area contributed by atoms with Gasteiger partial charge >= 0.3 is 0 Å². The molecular formula is C27H20N2O4. The summed E-state index contributed by atoms with van der Waals surface area (Å²) >= 11 is 0. The number of benzene rings is 3. The first-order valence-corrected chi connectivity index (χ1v) is 10.5. The number of amides is 1. The summed E-state index contributed by atoms with van der Waals surface area (Å²) in [4.78, 5) is 31.8. The van der Waals surface area contributed by atoms with E-state index in [2.05, 4.69) is 4.98 Å². The second-order valence-electron chi connectivity index (χ2n) is 7.90. The third-order valence-electron chi connectivity index (χ3n) is 5.87. The number of carbonyl (C=O) groups excluding carboxylic acids is 2. The Morgan fingerprint density at radius 3 is 2.42 bits per heavy atom. The first-order valence-electron chi connectivity index (χ1n) is 10.5. The average molecular weight is 436 g/mol. The lowest BCUT2D eigenvalue weighted by Gasteiger charge is -2.25. The smallest absolute Gasteiger partial charge is 0.295 e. The topological polar surface area (TPSA) is 90.7 Å². The monoisotopic (exact) mass is 436 g/mol. The molecule has 1 saturated heterocycles. The van der Waals surface area contributed by atoms with E-state index in [0.29, 0.717) is 11.1 Å². The molecule has 0 saturated carbocycles. The maximum Gasteiger partial charge on any atom is 0.295 e. The third-order valence-corrected chi connectivity index (χ3v) is 5.87. The maximum absolute atomic E-state index is 13.2. The summed E-state index contributed by atoms with van der Waals surface area (Å²) in [6.07, 6.45) is 3.23. The van der Waals surface area contributed by atoms with Crippen LogP contribution in [-0.4, -0.2) is 31.8 Å². The number of aliphatic hydroxyl groups is 1. The van der Waals surface area contributed by atoms with Crippen molar-refractivity contribution in [2.75, 3.05) is 0 Å². The van der Waals surface area contributed by atoms with Gasteiger partial charge in [0.1, 0.15) is 11.5 Å². The lowest BCUT2D eigenvalue weighted by atomic mass is 9.93. The molecule has 1 unspecified atom stereocenters. The molecular weight excluding hydrogens is 416 g/mol. The quantitative estimate of drug-likeness (QED) is 0.278. The number of fused-ring (bicyclic) bond motifs is 1. The molecule has 2 N–H and O–H groups in total. The molecule has 1 amide bonds. The SMILES string of the molecule is O=C1C(=O)N(Cc2ccncc2)C(c2cccc(O)c2)/C1=C(/O)c1cccc2ccccc12. The van der Waals surface area contributed by atoms with Gasteiger partial charge in [0.25, 0.3) is 11.7 Å². The lowest BCUT2D eigenvalue weighted by molar-refractivity contribution is -0.140. The van der Waals surface area contributed by atoms with E-state index < -0.39 is 17.7 Å². The fourth-order valence-electron chi connectivity index (χ4n) is 4.35. The molecule has 5 rings (SSSR count). The van der Waals surface area contributed by atoms with Gasteiger partial charge in [-0.15, -0.1) is 0 Å². The number of nitrogens with zero attached hydrogens (tertiary/aromatic N) is 2. The van der Waals surface area contributed by atoms with Crippen molar-refractivity contribution in [2.24, 2.45) is 0 Å². The molecule has 6 heteroatoms. The second kappa shape index (κ2) is 8.24. The number of ketones is 1.